The van der Waals surface area contributed by atoms with Crippen molar-refractivity contribution in [2.45, 2.75) is 13.0 Å². The van der Waals surface area contributed by atoms with E-state index < -0.39 is 0 Å². The molecule has 0 bridgehead atoms. The van der Waals surface area contributed by atoms with E-state index in [1.807, 2.05) is 17.0 Å². The van der Waals surface area contributed by atoms with E-state index in [1.165, 1.54) is 5.56 Å². The zero-order valence-electron chi connectivity index (χ0n) is 15.0. The summed E-state index contributed by atoms with van der Waals surface area (Å²) in [7, 11) is 0. The van der Waals surface area contributed by atoms with E-state index in [2.05, 4.69) is 44.0 Å². The van der Waals surface area contributed by atoms with Gasteiger partial charge in [0.25, 0.3) is 0 Å². The van der Waals surface area contributed by atoms with Crippen molar-refractivity contribution in [2.24, 2.45) is 5.92 Å². The van der Waals surface area contributed by atoms with Gasteiger partial charge in [-0.05, 0) is 24.6 Å². The predicted octanol–water partition coefficient (Wildman–Crippen LogP) is 1.65. The smallest absolute Gasteiger partial charge is 0.227 e. The fraction of sp³-hybridized carbons (Fsp3) is 0.450. The molecule has 6 heteroatoms. The van der Waals surface area contributed by atoms with Gasteiger partial charge in [-0.2, -0.15) is 0 Å². The Balaban J connectivity index is 1.28. The maximum atomic E-state index is 12.9. The molecule has 4 rings (SSSR count). The third-order valence-electron chi connectivity index (χ3n) is 5.30. The largest absolute Gasteiger partial charge is 0.339 e. The highest BCUT2D eigenvalue weighted by molar-refractivity contribution is 5.79. The Kier molecular flexibility index (Phi) is 5.11. The normalized spacial score (nSPS) is 21.2. The first-order valence-corrected chi connectivity index (χ1v) is 9.36. The van der Waals surface area contributed by atoms with Crippen LogP contribution in [0.2, 0.25) is 0 Å². The number of piperazine rings is 1. The molecule has 2 aliphatic heterocycles. The van der Waals surface area contributed by atoms with Gasteiger partial charge in [0.05, 0.1) is 5.92 Å². The number of amides is 1. The fourth-order valence-corrected chi connectivity index (χ4v) is 3.86. The Morgan fingerprint density at radius 2 is 1.69 bits per heavy atom. The Bertz CT molecular complexity index is 711. The SMILES string of the molecule is O=C(C1CCN(Cc2ccccc2)C1)N1CCN(c2ncccn2)CC1. The molecule has 1 unspecified atom stereocenters. The zero-order valence-corrected chi connectivity index (χ0v) is 15.0. The summed E-state index contributed by atoms with van der Waals surface area (Å²) in [6.07, 6.45) is 4.49. The zero-order chi connectivity index (χ0) is 17.8. The minimum Gasteiger partial charge on any atom is -0.339 e. The summed E-state index contributed by atoms with van der Waals surface area (Å²) in [5, 5.41) is 0. The number of hydrogen-bond donors (Lipinski definition) is 0. The van der Waals surface area contributed by atoms with E-state index in [0.29, 0.717) is 5.91 Å². The molecule has 0 radical (unpaired) electrons. The van der Waals surface area contributed by atoms with E-state index in [-0.39, 0.29) is 5.92 Å². The summed E-state index contributed by atoms with van der Waals surface area (Å²) in [6.45, 7) is 5.92. The number of likely N-dealkylation sites (tertiary alicyclic amines) is 1. The molecular weight excluding hydrogens is 326 g/mol. The van der Waals surface area contributed by atoms with Gasteiger partial charge >= 0.3 is 0 Å². The van der Waals surface area contributed by atoms with Crippen molar-refractivity contribution in [2.75, 3.05) is 44.2 Å². The fourth-order valence-electron chi connectivity index (χ4n) is 3.86. The molecule has 0 saturated carbocycles. The van der Waals surface area contributed by atoms with E-state index in [1.54, 1.807) is 12.4 Å². The molecule has 6 nitrogen and oxygen atoms in total. The first-order valence-electron chi connectivity index (χ1n) is 9.36. The van der Waals surface area contributed by atoms with Crippen LogP contribution in [-0.4, -0.2) is 64.9 Å². The maximum absolute atomic E-state index is 12.9. The third-order valence-corrected chi connectivity index (χ3v) is 5.30. The van der Waals surface area contributed by atoms with Gasteiger partial charge in [-0.15, -0.1) is 0 Å². The Morgan fingerprint density at radius 3 is 2.42 bits per heavy atom. The number of rotatable bonds is 4. The highest BCUT2D eigenvalue weighted by Crippen LogP contribution is 2.22. The summed E-state index contributed by atoms with van der Waals surface area (Å²) in [4.78, 5) is 28.1. The number of benzene rings is 1. The van der Waals surface area contributed by atoms with Crippen LogP contribution in [0.1, 0.15) is 12.0 Å². The average molecular weight is 351 g/mol. The molecule has 2 aromatic rings. The molecule has 1 amide bonds. The van der Waals surface area contributed by atoms with Gasteiger partial charge in [-0.25, -0.2) is 9.97 Å². The van der Waals surface area contributed by atoms with Crippen molar-refractivity contribution in [1.82, 2.24) is 19.8 Å². The van der Waals surface area contributed by atoms with Crippen LogP contribution < -0.4 is 4.90 Å². The number of hydrogen-bond acceptors (Lipinski definition) is 5. The third kappa shape index (κ3) is 3.85. The van der Waals surface area contributed by atoms with Crippen LogP contribution in [-0.2, 0) is 11.3 Å². The van der Waals surface area contributed by atoms with Crippen LogP contribution in [0.5, 0.6) is 0 Å². The summed E-state index contributed by atoms with van der Waals surface area (Å²) in [6, 6.07) is 12.3. The van der Waals surface area contributed by atoms with Crippen molar-refractivity contribution in [3.63, 3.8) is 0 Å². The topological polar surface area (TPSA) is 52.6 Å². The summed E-state index contributed by atoms with van der Waals surface area (Å²) in [5.41, 5.74) is 1.32. The van der Waals surface area contributed by atoms with Gasteiger partial charge in [0.15, 0.2) is 0 Å². The number of anilines is 1. The van der Waals surface area contributed by atoms with Crippen molar-refractivity contribution >= 4 is 11.9 Å². The Morgan fingerprint density at radius 1 is 0.962 bits per heavy atom. The molecule has 1 atom stereocenters. The Labute approximate surface area is 154 Å². The lowest BCUT2D eigenvalue weighted by Crippen LogP contribution is -2.51. The Hall–Kier alpha value is -2.47. The predicted molar refractivity (Wildman–Crippen MR) is 101 cm³/mol. The second-order valence-corrected chi connectivity index (χ2v) is 7.07. The van der Waals surface area contributed by atoms with Gasteiger partial charge in [-0.1, -0.05) is 30.3 Å². The maximum Gasteiger partial charge on any atom is 0.227 e. The molecule has 2 fully saturated rings. The first kappa shape index (κ1) is 17.0. The van der Waals surface area contributed by atoms with E-state index in [0.717, 1.165) is 58.2 Å². The highest BCUT2D eigenvalue weighted by Gasteiger charge is 2.33. The van der Waals surface area contributed by atoms with Crippen LogP contribution in [0.4, 0.5) is 5.95 Å². The van der Waals surface area contributed by atoms with Gasteiger partial charge in [0.2, 0.25) is 11.9 Å². The van der Waals surface area contributed by atoms with Crippen molar-refractivity contribution in [1.29, 1.82) is 0 Å². The number of nitrogens with zero attached hydrogens (tertiary/aromatic N) is 5. The molecule has 3 heterocycles. The van der Waals surface area contributed by atoms with Crippen LogP contribution in [0, 0.1) is 5.92 Å². The minimum atomic E-state index is 0.137. The van der Waals surface area contributed by atoms with Gasteiger partial charge in [0, 0.05) is 51.7 Å². The summed E-state index contributed by atoms with van der Waals surface area (Å²) in [5.74, 6) is 1.21. The second-order valence-electron chi connectivity index (χ2n) is 7.07. The molecule has 2 aliphatic rings. The van der Waals surface area contributed by atoms with Crippen LogP contribution in [0.3, 0.4) is 0 Å². The quantitative estimate of drug-likeness (QED) is 0.838. The van der Waals surface area contributed by atoms with E-state index in [4.69, 9.17) is 0 Å². The molecule has 136 valence electrons. The molecule has 1 aromatic heterocycles. The molecule has 0 spiro atoms. The lowest BCUT2D eigenvalue weighted by atomic mass is 10.1. The first-order chi connectivity index (χ1) is 12.8. The minimum absolute atomic E-state index is 0.137. The molecular formula is C20H25N5O. The van der Waals surface area contributed by atoms with E-state index >= 15 is 0 Å². The monoisotopic (exact) mass is 351 g/mol. The van der Waals surface area contributed by atoms with Crippen LogP contribution >= 0.6 is 0 Å². The molecule has 2 saturated heterocycles. The second kappa shape index (κ2) is 7.83. The molecule has 1 aromatic carbocycles. The van der Waals surface area contributed by atoms with Crippen LogP contribution in [0.25, 0.3) is 0 Å². The van der Waals surface area contributed by atoms with Gasteiger partial charge in [0.1, 0.15) is 0 Å². The number of aromatic nitrogens is 2. The van der Waals surface area contributed by atoms with Crippen molar-refractivity contribution in [3.05, 3.63) is 54.4 Å². The average Bonchev–Trinajstić information content (AvgIpc) is 3.17. The van der Waals surface area contributed by atoms with E-state index in [9.17, 15) is 4.79 Å². The molecule has 0 N–H and O–H groups in total. The molecule has 26 heavy (non-hydrogen) atoms. The lowest BCUT2D eigenvalue weighted by molar-refractivity contribution is -0.135. The molecule has 0 aliphatic carbocycles. The van der Waals surface area contributed by atoms with Crippen molar-refractivity contribution < 1.29 is 4.79 Å². The lowest BCUT2D eigenvalue weighted by Gasteiger charge is -2.35. The summed E-state index contributed by atoms with van der Waals surface area (Å²) >= 11 is 0. The van der Waals surface area contributed by atoms with Gasteiger partial charge < -0.3 is 9.80 Å². The van der Waals surface area contributed by atoms with Crippen LogP contribution in [0.15, 0.2) is 48.8 Å². The standard InChI is InChI=1S/C20H25N5O/c26-19(18-7-10-23(16-18)15-17-5-2-1-3-6-17)24-11-13-25(14-12-24)20-21-8-4-9-22-20/h1-6,8-9,18H,7,10-16H2. The number of carbonyl (C=O) groups excluding carboxylic acids is 1. The number of carbonyl (C=O) groups is 1. The van der Waals surface area contributed by atoms with Crippen molar-refractivity contribution in [3.8, 4) is 0 Å². The van der Waals surface area contributed by atoms with Gasteiger partial charge in [-0.3, -0.25) is 9.69 Å². The summed E-state index contributed by atoms with van der Waals surface area (Å²) < 4.78 is 0. The highest BCUT2D eigenvalue weighted by atomic mass is 16.2.